The van der Waals surface area contributed by atoms with Crippen LogP contribution in [0.25, 0.3) is 0 Å². The summed E-state index contributed by atoms with van der Waals surface area (Å²) in [6.45, 7) is 17.5. The van der Waals surface area contributed by atoms with Crippen LogP contribution in [-0.4, -0.2) is 40.1 Å². The van der Waals surface area contributed by atoms with E-state index in [1.54, 1.807) is 0 Å². The molecule has 0 aromatic heterocycles. The summed E-state index contributed by atoms with van der Waals surface area (Å²) < 4.78 is 0. The summed E-state index contributed by atoms with van der Waals surface area (Å²) in [6, 6.07) is 1.34. The second-order valence-electron chi connectivity index (χ2n) is 5.78. The van der Waals surface area contributed by atoms with Crippen molar-refractivity contribution in [3.63, 3.8) is 0 Å². The molecule has 0 saturated carbocycles. The Morgan fingerprint density at radius 1 is 1.00 bits per heavy atom. The van der Waals surface area contributed by atoms with E-state index in [2.05, 4.69) is 58.3 Å². The molecule has 1 rings (SSSR count). The summed E-state index contributed by atoms with van der Waals surface area (Å²) in [5.74, 6) is 0. The van der Waals surface area contributed by atoms with Gasteiger partial charge < -0.3 is 0 Å². The first-order chi connectivity index (χ1) is 6.84. The molecule has 0 amide bonds. The second kappa shape index (κ2) is 4.42. The summed E-state index contributed by atoms with van der Waals surface area (Å²) in [7, 11) is 0. The van der Waals surface area contributed by atoms with Gasteiger partial charge in [0.2, 0.25) is 0 Å². The molecule has 3 atom stereocenters. The molecule has 0 aromatic rings. The van der Waals surface area contributed by atoms with E-state index in [0.29, 0.717) is 18.2 Å². The normalized spacial score (nSPS) is 35.0. The Morgan fingerprint density at radius 3 is 1.87 bits per heavy atom. The van der Waals surface area contributed by atoms with E-state index in [1.807, 2.05) is 0 Å². The van der Waals surface area contributed by atoms with Gasteiger partial charge in [0.15, 0.2) is 0 Å². The van der Waals surface area contributed by atoms with E-state index in [1.165, 1.54) is 6.42 Å². The highest BCUT2D eigenvalue weighted by Gasteiger charge is 2.45. The van der Waals surface area contributed by atoms with E-state index in [-0.39, 0.29) is 5.54 Å². The molecule has 0 N–H and O–H groups in total. The summed E-state index contributed by atoms with van der Waals surface area (Å²) in [5.41, 5.74) is 0.276. The molecule has 1 saturated heterocycles. The lowest BCUT2D eigenvalue weighted by atomic mass is 10.0. The third kappa shape index (κ3) is 2.21. The van der Waals surface area contributed by atoms with Crippen LogP contribution >= 0.6 is 0 Å². The minimum atomic E-state index is 0.276. The van der Waals surface area contributed by atoms with Gasteiger partial charge in [-0.1, -0.05) is 13.8 Å². The molecule has 2 nitrogen and oxygen atoms in total. The van der Waals surface area contributed by atoms with Crippen LogP contribution in [0.5, 0.6) is 0 Å². The maximum absolute atomic E-state index is 2.68. The zero-order valence-corrected chi connectivity index (χ0v) is 11.5. The molecular weight excluding hydrogens is 184 g/mol. The Morgan fingerprint density at radius 2 is 1.53 bits per heavy atom. The maximum Gasteiger partial charge on any atom is 0.0630 e. The highest BCUT2D eigenvalue weighted by molar-refractivity contribution is 4.98. The topological polar surface area (TPSA) is 6.48 Å². The molecule has 1 aliphatic rings. The molecule has 1 aliphatic heterocycles. The Bertz CT molecular complexity index is 207. The van der Waals surface area contributed by atoms with Gasteiger partial charge in [-0.25, -0.2) is 0 Å². The standard InChI is InChI=1S/C13H28N2/c1-8-12-14(9-2)10(3)11(4)15(12)13(5,6)7/h10-12H,8-9H2,1-7H3. The third-order valence-corrected chi connectivity index (χ3v) is 3.87. The maximum atomic E-state index is 2.68. The Balaban J connectivity index is 2.96. The Hall–Kier alpha value is -0.0800. The lowest BCUT2D eigenvalue weighted by Gasteiger charge is -2.40. The minimum absolute atomic E-state index is 0.276. The van der Waals surface area contributed by atoms with Gasteiger partial charge in [-0.3, -0.25) is 9.80 Å². The first-order valence-corrected chi connectivity index (χ1v) is 6.38. The van der Waals surface area contributed by atoms with Crippen LogP contribution in [0, 0.1) is 0 Å². The average molecular weight is 212 g/mol. The molecular formula is C13H28N2. The number of rotatable bonds is 2. The summed E-state index contributed by atoms with van der Waals surface area (Å²) >= 11 is 0. The third-order valence-electron chi connectivity index (χ3n) is 3.87. The van der Waals surface area contributed by atoms with Crippen molar-refractivity contribution >= 4 is 0 Å². The van der Waals surface area contributed by atoms with E-state index < -0.39 is 0 Å². The second-order valence-corrected chi connectivity index (χ2v) is 5.78. The van der Waals surface area contributed by atoms with Crippen molar-refractivity contribution in [2.45, 2.75) is 78.7 Å². The highest BCUT2D eigenvalue weighted by Crippen LogP contribution is 2.34. The van der Waals surface area contributed by atoms with Gasteiger partial charge in [0, 0.05) is 17.6 Å². The zero-order valence-electron chi connectivity index (χ0n) is 11.5. The average Bonchev–Trinajstić information content (AvgIpc) is 2.38. The van der Waals surface area contributed by atoms with Crippen LogP contribution in [0.2, 0.25) is 0 Å². The van der Waals surface area contributed by atoms with Crippen LogP contribution < -0.4 is 0 Å². The van der Waals surface area contributed by atoms with Crippen LogP contribution in [0.4, 0.5) is 0 Å². The van der Waals surface area contributed by atoms with Gasteiger partial charge in [0.25, 0.3) is 0 Å². The molecule has 0 radical (unpaired) electrons. The SMILES string of the molecule is CCC1N(CC)C(C)C(C)N1C(C)(C)C. The van der Waals surface area contributed by atoms with Crippen molar-refractivity contribution in [3.05, 3.63) is 0 Å². The van der Waals surface area contributed by atoms with Gasteiger partial charge in [-0.15, -0.1) is 0 Å². The summed E-state index contributed by atoms with van der Waals surface area (Å²) in [4.78, 5) is 5.32. The minimum Gasteiger partial charge on any atom is -0.284 e. The first kappa shape index (κ1) is 13.0. The van der Waals surface area contributed by atoms with Crippen molar-refractivity contribution in [1.29, 1.82) is 0 Å². The summed E-state index contributed by atoms with van der Waals surface area (Å²) in [6.07, 6.45) is 1.85. The molecule has 2 heteroatoms. The fourth-order valence-corrected chi connectivity index (χ4v) is 3.20. The van der Waals surface area contributed by atoms with Gasteiger partial charge in [0.05, 0.1) is 6.17 Å². The smallest absolute Gasteiger partial charge is 0.0630 e. The molecule has 0 aliphatic carbocycles. The number of hydrogen-bond donors (Lipinski definition) is 0. The molecule has 0 bridgehead atoms. The van der Waals surface area contributed by atoms with Crippen LogP contribution in [-0.2, 0) is 0 Å². The molecule has 15 heavy (non-hydrogen) atoms. The number of nitrogens with zero attached hydrogens (tertiary/aromatic N) is 2. The van der Waals surface area contributed by atoms with Gasteiger partial charge in [-0.05, 0) is 47.6 Å². The predicted octanol–water partition coefficient (Wildman–Crippen LogP) is 2.94. The molecule has 1 fully saturated rings. The lowest BCUT2D eigenvalue weighted by molar-refractivity contribution is 0.0410. The van der Waals surface area contributed by atoms with E-state index in [9.17, 15) is 0 Å². The summed E-state index contributed by atoms with van der Waals surface area (Å²) in [5, 5.41) is 0. The molecule has 1 heterocycles. The number of likely N-dealkylation sites (N-methyl/N-ethyl adjacent to an activating group) is 1. The molecule has 0 spiro atoms. The quantitative estimate of drug-likeness (QED) is 0.694. The van der Waals surface area contributed by atoms with Gasteiger partial charge in [-0.2, -0.15) is 0 Å². The fourth-order valence-electron chi connectivity index (χ4n) is 3.20. The van der Waals surface area contributed by atoms with Crippen LogP contribution in [0.15, 0.2) is 0 Å². The van der Waals surface area contributed by atoms with Crippen molar-refractivity contribution < 1.29 is 0 Å². The first-order valence-electron chi connectivity index (χ1n) is 6.38. The van der Waals surface area contributed by atoms with E-state index >= 15 is 0 Å². The van der Waals surface area contributed by atoms with Crippen molar-refractivity contribution in [2.75, 3.05) is 6.54 Å². The van der Waals surface area contributed by atoms with Gasteiger partial charge in [0.1, 0.15) is 0 Å². The molecule has 0 aromatic carbocycles. The van der Waals surface area contributed by atoms with E-state index in [4.69, 9.17) is 0 Å². The number of hydrogen-bond acceptors (Lipinski definition) is 2. The largest absolute Gasteiger partial charge is 0.284 e. The van der Waals surface area contributed by atoms with Crippen molar-refractivity contribution in [3.8, 4) is 0 Å². The lowest BCUT2D eigenvalue weighted by Crippen LogP contribution is -2.50. The monoisotopic (exact) mass is 212 g/mol. The fraction of sp³-hybridized carbons (Fsp3) is 1.00. The predicted molar refractivity (Wildman–Crippen MR) is 67.0 cm³/mol. The Kier molecular flexibility index (Phi) is 3.83. The van der Waals surface area contributed by atoms with Crippen LogP contribution in [0.3, 0.4) is 0 Å². The Labute approximate surface area is 95.6 Å². The van der Waals surface area contributed by atoms with Gasteiger partial charge >= 0.3 is 0 Å². The van der Waals surface area contributed by atoms with Crippen LogP contribution in [0.1, 0.15) is 54.9 Å². The molecule has 90 valence electrons. The van der Waals surface area contributed by atoms with Crippen molar-refractivity contribution in [1.82, 2.24) is 9.80 Å². The molecule has 3 unspecified atom stereocenters. The van der Waals surface area contributed by atoms with Crippen molar-refractivity contribution in [2.24, 2.45) is 0 Å². The zero-order chi connectivity index (χ0) is 11.8. The van der Waals surface area contributed by atoms with E-state index in [0.717, 1.165) is 6.54 Å². The highest BCUT2D eigenvalue weighted by atomic mass is 15.5.